The summed E-state index contributed by atoms with van der Waals surface area (Å²) in [4.78, 5) is 11.9. The summed E-state index contributed by atoms with van der Waals surface area (Å²) in [5.74, 6) is 0.500. The van der Waals surface area contributed by atoms with Gasteiger partial charge in [0.1, 0.15) is 0 Å². The van der Waals surface area contributed by atoms with Crippen LogP contribution < -0.4 is 0 Å². The van der Waals surface area contributed by atoms with Crippen LogP contribution >= 0.6 is 0 Å². The summed E-state index contributed by atoms with van der Waals surface area (Å²) < 4.78 is 39.2. The molecule has 0 aromatic heterocycles. The number of hydrogen-bond donors (Lipinski definition) is 2. The minimum absolute atomic E-state index is 0.0691. The Bertz CT molecular complexity index is 846. The van der Waals surface area contributed by atoms with Crippen molar-refractivity contribution in [2.75, 3.05) is 0 Å². The van der Waals surface area contributed by atoms with E-state index in [0.717, 1.165) is 0 Å². The number of halogens is 3. The van der Waals surface area contributed by atoms with Crippen LogP contribution in [0.4, 0.5) is 13.2 Å². The molecule has 0 bridgehead atoms. The highest BCUT2D eigenvalue weighted by Crippen LogP contribution is 2.52. The average Bonchev–Trinajstić information content (AvgIpc) is 3.40. The number of terminal acetylenes is 1. The van der Waals surface area contributed by atoms with Gasteiger partial charge < -0.3 is 10.2 Å². The zero-order valence-corrected chi connectivity index (χ0v) is 17.5. The zero-order chi connectivity index (χ0) is 23.0. The molecule has 1 aromatic rings. The van der Waals surface area contributed by atoms with Gasteiger partial charge in [0.05, 0.1) is 12.0 Å². The number of hydrogen-bond acceptors (Lipinski definition) is 4. The summed E-state index contributed by atoms with van der Waals surface area (Å²) in [6.45, 7) is 7.21. The number of aliphatic hydroxyl groups excluding tert-OH is 1. The molecule has 1 aliphatic rings. The van der Waals surface area contributed by atoms with Gasteiger partial charge in [-0.1, -0.05) is 38.1 Å². The van der Waals surface area contributed by atoms with E-state index in [1.807, 2.05) is 13.8 Å². The Morgan fingerprint density at radius 3 is 2.10 bits per heavy atom. The monoisotopic (exact) mass is 424 g/mol. The van der Waals surface area contributed by atoms with Gasteiger partial charge in [-0.3, -0.25) is 4.79 Å². The van der Waals surface area contributed by atoms with Crippen LogP contribution in [0.25, 0.3) is 0 Å². The van der Waals surface area contributed by atoms with Gasteiger partial charge in [-0.25, -0.2) is 0 Å². The van der Waals surface area contributed by atoms with Crippen LogP contribution in [-0.4, -0.2) is 28.5 Å². The van der Waals surface area contributed by atoms with E-state index < -0.39 is 40.7 Å². The maximum absolute atomic E-state index is 13.1. The van der Waals surface area contributed by atoms with Crippen molar-refractivity contribution in [2.45, 2.75) is 64.9 Å². The lowest BCUT2D eigenvalue weighted by Gasteiger charge is -2.38. The summed E-state index contributed by atoms with van der Waals surface area (Å²) in [5.41, 5.74) is -3.14. The molecule has 1 heterocycles. The number of alkyl halides is 3. The molecule has 1 aliphatic heterocycles. The Kier molecular flexibility index (Phi) is 6.39. The van der Waals surface area contributed by atoms with E-state index in [0.29, 0.717) is 18.4 Å². The number of aliphatic hydroxyl groups is 1. The molecule has 30 heavy (non-hydrogen) atoms. The van der Waals surface area contributed by atoms with Gasteiger partial charge in [0.2, 0.25) is 0 Å². The lowest BCUT2D eigenvalue weighted by molar-refractivity contribution is -0.166. The summed E-state index contributed by atoms with van der Waals surface area (Å²) in [6, 6.07) is 5.65. The van der Waals surface area contributed by atoms with Crippen LogP contribution in [0.1, 0.15) is 51.7 Å². The number of carboxylic acid groups (broad SMARTS) is 1. The molecule has 0 spiro atoms. The van der Waals surface area contributed by atoms with E-state index >= 15 is 0 Å². The molecular formula is C22H27F3N2O3. The Balaban J connectivity index is 2.07. The van der Waals surface area contributed by atoms with Crippen molar-refractivity contribution in [3.8, 4) is 12.3 Å². The number of carbonyl (C=O) groups is 1. The summed E-state index contributed by atoms with van der Waals surface area (Å²) in [5, 5.41) is 26.7. The molecular weight excluding hydrogens is 397 g/mol. The van der Waals surface area contributed by atoms with Crippen molar-refractivity contribution < 1.29 is 28.2 Å². The highest BCUT2D eigenvalue weighted by Gasteiger charge is 2.65. The van der Waals surface area contributed by atoms with Crippen LogP contribution in [0, 0.1) is 29.1 Å². The van der Waals surface area contributed by atoms with Crippen molar-refractivity contribution >= 4 is 5.97 Å². The van der Waals surface area contributed by atoms with Gasteiger partial charge in [0.15, 0.2) is 0 Å². The third-order valence-corrected chi connectivity index (χ3v) is 5.56. The van der Waals surface area contributed by atoms with Crippen LogP contribution in [0.3, 0.4) is 0 Å². The van der Waals surface area contributed by atoms with Crippen LogP contribution in [0.15, 0.2) is 34.5 Å². The first-order valence-corrected chi connectivity index (χ1v) is 9.64. The normalized spacial score (nSPS) is 17.8. The van der Waals surface area contributed by atoms with E-state index in [4.69, 9.17) is 6.42 Å². The van der Waals surface area contributed by atoms with Gasteiger partial charge in [0.25, 0.3) is 0 Å². The minimum atomic E-state index is -4.59. The summed E-state index contributed by atoms with van der Waals surface area (Å²) in [6.07, 6.45) is 0.676. The molecule has 8 heteroatoms. The molecule has 0 saturated carbocycles. The molecule has 0 aliphatic carbocycles. The molecule has 0 saturated heterocycles. The summed E-state index contributed by atoms with van der Waals surface area (Å²) >= 11 is 0. The second-order valence-corrected chi connectivity index (χ2v) is 9.18. The first-order chi connectivity index (χ1) is 13.7. The predicted octanol–water partition coefficient (Wildman–Crippen LogP) is 4.94. The minimum Gasteiger partial charge on any atom is -0.481 e. The smallest absolute Gasteiger partial charge is 0.442 e. The molecule has 1 aromatic carbocycles. The van der Waals surface area contributed by atoms with E-state index in [-0.39, 0.29) is 12.0 Å². The number of carboxylic acids is 1. The number of aryl methyl sites for hydroxylation is 1. The van der Waals surface area contributed by atoms with Crippen molar-refractivity contribution in [3.63, 3.8) is 0 Å². The average molecular weight is 424 g/mol. The number of aliphatic carboxylic acids is 1. The predicted molar refractivity (Wildman–Crippen MR) is 105 cm³/mol. The Morgan fingerprint density at radius 1 is 1.17 bits per heavy atom. The van der Waals surface area contributed by atoms with E-state index in [2.05, 4.69) is 16.1 Å². The molecule has 0 fully saturated rings. The topological polar surface area (TPSA) is 82.2 Å². The van der Waals surface area contributed by atoms with Gasteiger partial charge in [-0.05, 0) is 44.1 Å². The molecule has 0 radical (unpaired) electrons. The lowest BCUT2D eigenvalue weighted by Crippen LogP contribution is -2.42. The molecule has 2 unspecified atom stereocenters. The van der Waals surface area contributed by atoms with Crippen LogP contribution in [0.2, 0.25) is 0 Å². The second kappa shape index (κ2) is 8.03. The lowest BCUT2D eigenvalue weighted by atomic mass is 9.66. The number of nitrogens with zero attached hydrogens (tertiary/aromatic N) is 2. The fourth-order valence-electron chi connectivity index (χ4n) is 4.15. The van der Waals surface area contributed by atoms with E-state index in [1.54, 1.807) is 13.8 Å². The molecule has 2 rings (SSSR count). The van der Waals surface area contributed by atoms with Gasteiger partial charge in [-0.2, -0.15) is 13.2 Å². The van der Waals surface area contributed by atoms with Gasteiger partial charge >= 0.3 is 17.8 Å². The SMILES string of the molecule is C#CC(C)(C)CC(C)(C)C(C(=O)O)C(O)CCc1ccc(C2(C(F)(F)F)N=N2)cc1. The molecule has 2 atom stereocenters. The maximum atomic E-state index is 13.1. The maximum Gasteiger partial charge on any atom is 0.442 e. The Hall–Kier alpha value is -2.40. The van der Waals surface area contributed by atoms with Crippen molar-refractivity contribution in [1.82, 2.24) is 0 Å². The van der Waals surface area contributed by atoms with E-state index in [9.17, 15) is 28.2 Å². The zero-order valence-electron chi connectivity index (χ0n) is 17.5. The quantitative estimate of drug-likeness (QED) is 0.551. The van der Waals surface area contributed by atoms with Crippen LogP contribution in [-0.2, 0) is 16.9 Å². The fraction of sp³-hybridized carbons (Fsp3) is 0.591. The number of rotatable bonds is 9. The third kappa shape index (κ3) is 5.01. The highest BCUT2D eigenvalue weighted by atomic mass is 19.4. The molecule has 0 amide bonds. The highest BCUT2D eigenvalue weighted by molar-refractivity contribution is 5.71. The molecule has 5 nitrogen and oxygen atoms in total. The Morgan fingerprint density at radius 2 is 1.70 bits per heavy atom. The van der Waals surface area contributed by atoms with Crippen molar-refractivity contribution in [1.29, 1.82) is 0 Å². The third-order valence-electron chi connectivity index (χ3n) is 5.56. The first kappa shape index (κ1) is 23.9. The first-order valence-electron chi connectivity index (χ1n) is 9.64. The molecule has 164 valence electrons. The molecule has 2 N–H and O–H groups in total. The standard InChI is InChI=1S/C22H27F3N2O3/c1-6-19(2,3)13-20(4,5)17(18(29)30)16(28)12-9-14-7-10-15(11-8-14)21(26-27-21)22(23,24)25/h1,7-8,10-11,16-17,28H,9,12-13H2,2-5H3,(H,29,30). The largest absolute Gasteiger partial charge is 0.481 e. The summed E-state index contributed by atoms with van der Waals surface area (Å²) in [7, 11) is 0. The van der Waals surface area contributed by atoms with Gasteiger partial charge in [0, 0.05) is 11.0 Å². The van der Waals surface area contributed by atoms with E-state index in [1.165, 1.54) is 24.3 Å². The number of benzene rings is 1. The Labute approximate surface area is 174 Å². The van der Waals surface area contributed by atoms with Crippen molar-refractivity contribution in [3.05, 3.63) is 35.4 Å². The fourth-order valence-corrected chi connectivity index (χ4v) is 4.15. The second-order valence-electron chi connectivity index (χ2n) is 9.18. The van der Waals surface area contributed by atoms with Crippen LogP contribution in [0.5, 0.6) is 0 Å². The van der Waals surface area contributed by atoms with Crippen molar-refractivity contribution in [2.24, 2.45) is 27.0 Å². The van der Waals surface area contributed by atoms with Gasteiger partial charge in [-0.15, -0.1) is 22.6 Å².